The average molecular weight is 276 g/mol. The van der Waals surface area contributed by atoms with Crippen molar-refractivity contribution in [1.82, 2.24) is 4.98 Å². The lowest BCUT2D eigenvalue weighted by Crippen LogP contribution is -2.05. The van der Waals surface area contributed by atoms with Gasteiger partial charge in [0.25, 0.3) is 0 Å². The molecule has 0 amide bonds. The average Bonchev–Trinajstić information content (AvgIpc) is 2.83. The molecule has 1 atom stereocenters. The summed E-state index contributed by atoms with van der Waals surface area (Å²) in [6, 6.07) is 4.26. The second kappa shape index (κ2) is 5.07. The molecule has 1 N–H and O–H groups in total. The molecule has 1 aromatic heterocycles. The molecule has 90 valence electrons. The molecule has 2 rings (SSSR count). The van der Waals surface area contributed by atoms with Crippen LogP contribution in [-0.4, -0.2) is 11.7 Å². The van der Waals surface area contributed by atoms with Crippen LogP contribution >= 0.6 is 23.2 Å². The smallest absolute Gasteiger partial charge is 0.142 e. The summed E-state index contributed by atoms with van der Waals surface area (Å²) in [5.41, 5.74) is 0.970. The second-order valence-electron chi connectivity index (χ2n) is 3.61. The predicted molar refractivity (Wildman–Crippen MR) is 65.0 cm³/mol. The van der Waals surface area contributed by atoms with Crippen molar-refractivity contribution >= 4 is 23.2 Å². The molecule has 1 nitrogen and oxygen atoms in total. The van der Waals surface area contributed by atoms with Crippen LogP contribution < -0.4 is 0 Å². The van der Waals surface area contributed by atoms with Crippen LogP contribution in [0.15, 0.2) is 30.6 Å². The van der Waals surface area contributed by atoms with Gasteiger partial charge in [0.05, 0.1) is 5.02 Å². The van der Waals surface area contributed by atoms with Gasteiger partial charge in [0.1, 0.15) is 12.5 Å². The highest BCUT2D eigenvalue weighted by Gasteiger charge is 2.22. The molecule has 0 radical (unpaired) electrons. The predicted octanol–water partition coefficient (Wildman–Crippen LogP) is 4.56. The van der Waals surface area contributed by atoms with Gasteiger partial charge in [0.2, 0.25) is 0 Å². The summed E-state index contributed by atoms with van der Waals surface area (Å²) >= 11 is 11.8. The first kappa shape index (κ1) is 12.4. The maximum Gasteiger partial charge on any atom is 0.142 e. The third-order valence-corrected chi connectivity index (χ3v) is 3.32. The highest BCUT2D eigenvalue weighted by molar-refractivity contribution is 6.36. The highest BCUT2D eigenvalue weighted by Crippen LogP contribution is 2.37. The van der Waals surface area contributed by atoms with Crippen molar-refractivity contribution in [3.8, 4) is 0 Å². The fourth-order valence-electron chi connectivity index (χ4n) is 1.75. The Morgan fingerprint density at radius 1 is 1.24 bits per heavy atom. The number of aromatic amines is 1. The lowest BCUT2D eigenvalue weighted by Gasteiger charge is -2.16. The van der Waals surface area contributed by atoms with Crippen LogP contribution in [0.4, 0.5) is 8.78 Å². The van der Waals surface area contributed by atoms with E-state index >= 15 is 0 Å². The zero-order valence-corrected chi connectivity index (χ0v) is 10.2. The monoisotopic (exact) mass is 275 g/mol. The van der Waals surface area contributed by atoms with E-state index in [0.717, 1.165) is 0 Å². The normalized spacial score (nSPS) is 12.7. The molecular formula is C12H9Cl2F2N. The number of hydrogen-bond donors (Lipinski definition) is 1. The van der Waals surface area contributed by atoms with Crippen molar-refractivity contribution in [2.75, 3.05) is 6.67 Å². The number of alkyl halides is 1. The lowest BCUT2D eigenvalue weighted by molar-refractivity contribution is 0.460. The fourth-order valence-corrected chi connectivity index (χ4v) is 2.38. The molecule has 0 unspecified atom stereocenters. The molecule has 0 aliphatic rings. The largest absolute Gasteiger partial charge is 0.367 e. The van der Waals surface area contributed by atoms with Crippen LogP contribution in [0.1, 0.15) is 17.0 Å². The van der Waals surface area contributed by atoms with Gasteiger partial charge in [-0.05, 0) is 23.8 Å². The van der Waals surface area contributed by atoms with Gasteiger partial charge in [-0.1, -0.05) is 23.2 Å². The first-order chi connectivity index (χ1) is 8.15. The summed E-state index contributed by atoms with van der Waals surface area (Å²) in [5.74, 6) is -1.25. The van der Waals surface area contributed by atoms with Crippen LogP contribution in [0.3, 0.4) is 0 Å². The number of rotatable bonds is 3. The van der Waals surface area contributed by atoms with Crippen molar-refractivity contribution in [3.05, 3.63) is 57.6 Å². The summed E-state index contributed by atoms with van der Waals surface area (Å²) in [6.45, 7) is -0.694. The summed E-state index contributed by atoms with van der Waals surface area (Å²) < 4.78 is 26.5. The number of H-pyrrole nitrogens is 1. The zero-order valence-electron chi connectivity index (χ0n) is 8.68. The molecule has 2 aromatic rings. The fraction of sp³-hybridized carbons (Fsp3) is 0.167. The highest BCUT2D eigenvalue weighted by atomic mass is 35.5. The van der Waals surface area contributed by atoms with Crippen LogP contribution in [0, 0.1) is 5.82 Å². The van der Waals surface area contributed by atoms with E-state index in [1.165, 1.54) is 12.1 Å². The molecule has 0 saturated heterocycles. The van der Waals surface area contributed by atoms with E-state index in [-0.39, 0.29) is 15.6 Å². The third kappa shape index (κ3) is 2.31. The molecule has 1 aromatic carbocycles. The van der Waals surface area contributed by atoms with Gasteiger partial charge in [-0.15, -0.1) is 0 Å². The first-order valence-electron chi connectivity index (χ1n) is 4.97. The van der Waals surface area contributed by atoms with Gasteiger partial charge < -0.3 is 4.98 Å². The Hall–Kier alpha value is -1.06. The van der Waals surface area contributed by atoms with Gasteiger partial charge in [-0.3, -0.25) is 4.39 Å². The minimum atomic E-state index is -0.694. The SMILES string of the molecule is FC[C@H](c1cc[nH]c1)c1c(Cl)ccc(F)c1Cl. The van der Waals surface area contributed by atoms with E-state index in [1.54, 1.807) is 18.5 Å². The second-order valence-corrected chi connectivity index (χ2v) is 4.39. The molecule has 0 bridgehead atoms. The summed E-state index contributed by atoms with van der Waals surface area (Å²) in [5, 5.41) is 0.140. The van der Waals surface area contributed by atoms with E-state index < -0.39 is 18.4 Å². The Morgan fingerprint density at radius 2 is 2.00 bits per heavy atom. The Balaban J connectivity index is 2.55. The standard InChI is InChI=1S/C12H9Cl2F2N/c13-9-1-2-10(16)12(14)11(9)8(5-15)7-3-4-17-6-7/h1-4,6,8,17H,5H2/t8-/m1/s1. The van der Waals surface area contributed by atoms with Gasteiger partial charge in [0.15, 0.2) is 0 Å². The van der Waals surface area contributed by atoms with Crippen LogP contribution in [-0.2, 0) is 0 Å². The summed E-state index contributed by atoms with van der Waals surface area (Å²) in [4.78, 5) is 2.82. The van der Waals surface area contributed by atoms with Crippen LogP contribution in [0.25, 0.3) is 0 Å². The maximum atomic E-state index is 13.4. The number of benzene rings is 1. The van der Waals surface area contributed by atoms with E-state index in [1.807, 2.05) is 0 Å². The quantitative estimate of drug-likeness (QED) is 0.791. The number of nitrogens with one attached hydrogen (secondary N) is 1. The lowest BCUT2D eigenvalue weighted by atomic mass is 9.94. The summed E-state index contributed by atoms with van der Waals surface area (Å²) in [7, 11) is 0. The molecule has 0 aliphatic heterocycles. The number of hydrogen-bond acceptors (Lipinski definition) is 0. The zero-order chi connectivity index (χ0) is 12.4. The van der Waals surface area contributed by atoms with E-state index in [9.17, 15) is 8.78 Å². The molecule has 17 heavy (non-hydrogen) atoms. The van der Waals surface area contributed by atoms with Crippen LogP contribution in [0.2, 0.25) is 10.0 Å². The van der Waals surface area contributed by atoms with Crippen LogP contribution in [0.5, 0.6) is 0 Å². The molecule has 0 spiro atoms. The number of aromatic nitrogens is 1. The molecule has 0 fully saturated rings. The van der Waals surface area contributed by atoms with Crippen molar-refractivity contribution < 1.29 is 8.78 Å². The molecule has 0 saturated carbocycles. The maximum absolute atomic E-state index is 13.4. The van der Waals surface area contributed by atoms with Crippen molar-refractivity contribution in [1.29, 1.82) is 0 Å². The number of halogens is 4. The molecule has 1 heterocycles. The van der Waals surface area contributed by atoms with Gasteiger partial charge in [-0.2, -0.15) is 0 Å². The molecular weight excluding hydrogens is 267 g/mol. The Morgan fingerprint density at radius 3 is 2.59 bits per heavy atom. The topological polar surface area (TPSA) is 15.8 Å². The van der Waals surface area contributed by atoms with Crippen molar-refractivity contribution in [3.63, 3.8) is 0 Å². The van der Waals surface area contributed by atoms with E-state index in [2.05, 4.69) is 4.98 Å². The minimum absolute atomic E-state index is 0.124. The van der Waals surface area contributed by atoms with E-state index in [4.69, 9.17) is 23.2 Å². The Labute approximate surface area is 107 Å². The Kier molecular flexibility index (Phi) is 3.69. The Bertz CT molecular complexity index is 511. The van der Waals surface area contributed by atoms with Crippen molar-refractivity contribution in [2.24, 2.45) is 0 Å². The van der Waals surface area contributed by atoms with Gasteiger partial charge in [0, 0.05) is 28.9 Å². The minimum Gasteiger partial charge on any atom is -0.367 e. The molecule has 0 aliphatic carbocycles. The first-order valence-corrected chi connectivity index (χ1v) is 5.72. The van der Waals surface area contributed by atoms with Gasteiger partial charge >= 0.3 is 0 Å². The van der Waals surface area contributed by atoms with Crippen molar-refractivity contribution in [2.45, 2.75) is 5.92 Å². The van der Waals surface area contributed by atoms with Gasteiger partial charge in [-0.25, -0.2) is 4.39 Å². The third-order valence-electron chi connectivity index (χ3n) is 2.61. The summed E-state index contributed by atoms with van der Waals surface area (Å²) in [6.07, 6.45) is 3.31. The molecule has 5 heteroatoms. The van der Waals surface area contributed by atoms with E-state index in [0.29, 0.717) is 5.56 Å².